The molecule has 1 aromatic carbocycles. The van der Waals surface area contributed by atoms with E-state index in [1.165, 1.54) is 0 Å². The van der Waals surface area contributed by atoms with Gasteiger partial charge in [0, 0.05) is 11.8 Å². The fraction of sp³-hybridized carbons (Fsp3) is 0.250. The molecule has 1 aliphatic carbocycles. The molecule has 92 valence electrons. The van der Waals surface area contributed by atoms with Crippen LogP contribution in [0.2, 0.25) is 0 Å². The highest BCUT2D eigenvalue weighted by Gasteiger charge is 2.08. The zero-order valence-electron chi connectivity index (χ0n) is 10.3. The molecule has 0 spiro atoms. The molecule has 1 heterocycles. The van der Waals surface area contributed by atoms with Gasteiger partial charge in [-0.25, -0.2) is 0 Å². The third-order valence-electron chi connectivity index (χ3n) is 3.02. The van der Waals surface area contributed by atoms with Crippen LogP contribution in [0.3, 0.4) is 0 Å². The summed E-state index contributed by atoms with van der Waals surface area (Å²) in [6, 6.07) is 7.76. The maximum absolute atomic E-state index is 9.70. The maximum atomic E-state index is 9.70. The van der Waals surface area contributed by atoms with Crippen molar-refractivity contribution in [3.8, 4) is 23.7 Å². The molecule has 0 bridgehead atoms. The van der Waals surface area contributed by atoms with Crippen molar-refractivity contribution in [2.45, 2.75) is 25.4 Å². The van der Waals surface area contributed by atoms with E-state index in [0.29, 0.717) is 12.1 Å². The van der Waals surface area contributed by atoms with Crippen LogP contribution in [0.4, 0.5) is 0 Å². The van der Waals surface area contributed by atoms with Gasteiger partial charge in [0.1, 0.15) is 6.10 Å². The molecule has 1 aromatic heterocycles. The lowest BCUT2D eigenvalue weighted by Crippen LogP contribution is -2.04. The molecule has 0 aliphatic heterocycles. The van der Waals surface area contributed by atoms with Crippen molar-refractivity contribution < 1.29 is 5.11 Å². The molecule has 0 amide bonds. The molecule has 2 aromatic rings. The molecule has 0 saturated heterocycles. The minimum absolute atomic E-state index is 0.548. The van der Waals surface area contributed by atoms with Gasteiger partial charge in [0.05, 0.1) is 11.1 Å². The third kappa shape index (κ3) is 2.42. The Hall–Kier alpha value is -2.36. The van der Waals surface area contributed by atoms with Crippen molar-refractivity contribution in [1.82, 2.24) is 10.2 Å². The van der Waals surface area contributed by atoms with E-state index in [4.69, 9.17) is 0 Å². The first-order chi connectivity index (χ1) is 9.34. The summed E-state index contributed by atoms with van der Waals surface area (Å²) < 4.78 is 0. The van der Waals surface area contributed by atoms with Crippen LogP contribution in [-0.4, -0.2) is 21.4 Å². The summed E-state index contributed by atoms with van der Waals surface area (Å²) in [5.74, 6) is 12.0. The van der Waals surface area contributed by atoms with Gasteiger partial charge in [-0.15, -0.1) is 10.2 Å². The second-order valence-corrected chi connectivity index (χ2v) is 4.42. The first-order valence-corrected chi connectivity index (χ1v) is 6.28. The van der Waals surface area contributed by atoms with Crippen molar-refractivity contribution in [3.05, 3.63) is 35.5 Å². The van der Waals surface area contributed by atoms with Crippen LogP contribution in [0, 0.1) is 23.7 Å². The second-order valence-electron chi connectivity index (χ2n) is 4.42. The van der Waals surface area contributed by atoms with E-state index in [0.717, 1.165) is 29.3 Å². The zero-order valence-corrected chi connectivity index (χ0v) is 10.3. The van der Waals surface area contributed by atoms with Gasteiger partial charge in [-0.2, -0.15) is 0 Å². The minimum atomic E-state index is -0.610. The number of aliphatic hydroxyl groups excluding tert-OH is 1. The summed E-state index contributed by atoms with van der Waals surface area (Å²) in [4.78, 5) is 0. The number of rotatable bonds is 0. The van der Waals surface area contributed by atoms with Crippen LogP contribution >= 0.6 is 0 Å². The van der Waals surface area contributed by atoms with Crippen molar-refractivity contribution in [2.24, 2.45) is 0 Å². The largest absolute Gasteiger partial charge is 0.380 e. The van der Waals surface area contributed by atoms with E-state index in [1.807, 2.05) is 24.3 Å². The Balaban J connectivity index is 2.25. The van der Waals surface area contributed by atoms with Gasteiger partial charge in [0.25, 0.3) is 0 Å². The summed E-state index contributed by atoms with van der Waals surface area (Å²) in [6.45, 7) is 0. The monoisotopic (exact) mass is 248 g/mol. The Morgan fingerprint density at radius 2 is 2.05 bits per heavy atom. The van der Waals surface area contributed by atoms with Crippen LogP contribution in [0.1, 0.15) is 30.5 Å². The number of benzene rings is 1. The van der Waals surface area contributed by atoms with Gasteiger partial charge < -0.3 is 5.11 Å². The lowest BCUT2D eigenvalue weighted by atomic mass is 10.1. The van der Waals surface area contributed by atoms with Crippen LogP contribution in [0.15, 0.2) is 24.3 Å². The van der Waals surface area contributed by atoms with E-state index >= 15 is 0 Å². The summed E-state index contributed by atoms with van der Waals surface area (Å²) in [7, 11) is 0. The lowest BCUT2D eigenvalue weighted by molar-refractivity contribution is 0.219. The Kier molecular flexibility index (Phi) is 3.14. The molecule has 3 rings (SSSR count). The summed E-state index contributed by atoms with van der Waals surface area (Å²) in [6.07, 6.45) is 1.66. The standard InChI is InChI=1S/C16H12N2O/c19-12-6-2-1-3-7-14-13-8-4-5-9-15(13)17-18-16(14)11-10-12/h4-5,8-9,12,19H,1-2,6H2. The van der Waals surface area contributed by atoms with Gasteiger partial charge in [-0.1, -0.05) is 36.0 Å². The Morgan fingerprint density at radius 1 is 1.16 bits per heavy atom. The van der Waals surface area contributed by atoms with Gasteiger partial charge >= 0.3 is 0 Å². The molecular weight excluding hydrogens is 236 g/mol. The van der Waals surface area contributed by atoms with Gasteiger partial charge in [0.2, 0.25) is 0 Å². The van der Waals surface area contributed by atoms with Gasteiger partial charge in [0.15, 0.2) is 5.69 Å². The van der Waals surface area contributed by atoms with E-state index in [-0.39, 0.29) is 0 Å². The van der Waals surface area contributed by atoms with Crippen molar-refractivity contribution in [2.75, 3.05) is 0 Å². The fourth-order valence-corrected chi connectivity index (χ4v) is 2.03. The predicted octanol–water partition coefficient (Wildman–Crippen LogP) is 1.88. The second kappa shape index (κ2) is 5.10. The van der Waals surface area contributed by atoms with Gasteiger partial charge in [-0.3, -0.25) is 0 Å². The number of hydrogen-bond donors (Lipinski definition) is 1. The molecule has 1 unspecified atom stereocenters. The maximum Gasteiger partial charge on any atom is 0.152 e. The van der Waals surface area contributed by atoms with Crippen LogP contribution in [0.5, 0.6) is 0 Å². The van der Waals surface area contributed by atoms with Crippen molar-refractivity contribution in [3.63, 3.8) is 0 Å². The Morgan fingerprint density at radius 3 is 3.00 bits per heavy atom. The Bertz CT molecular complexity index is 744. The van der Waals surface area contributed by atoms with Crippen LogP contribution < -0.4 is 0 Å². The minimum Gasteiger partial charge on any atom is -0.380 e. The highest BCUT2D eigenvalue weighted by molar-refractivity contribution is 5.86. The normalized spacial score (nSPS) is 17.6. The van der Waals surface area contributed by atoms with Crippen molar-refractivity contribution in [1.29, 1.82) is 0 Å². The number of nitrogens with zero attached hydrogens (tertiary/aromatic N) is 2. The summed E-state index contributed by atoms with van der Waals surface area (Å²) in [5, 5.41) is 18.9. The number of aliphatic hydroxyl groups is 1. The Labute approximate surface area is 111 Å². The van der Waals surface area contributed by atoms with Gasteiger partial charge in [-0.05, 0) is 24.8 Å². The van der Waals surface area contributed by atoms with E-state index < -0.39 is 6.10 Å². The molecule has 0 saturated carbocycles. The fourth-order valence-electron chi connectivity index (χ4n) is 2.03. The zero-order chi connectivity index (χ0) is 13.1. The summed E-state index contributed by atoms with van der Waals surface area (Å²) in [5.41, 5.74) is 2.18. The molecule has 1 atom stereocenters. The molecule has 0 fully saturated rings. The molecular formula is C16H12N2O. The first-order valence-electron chi connectivity index (χ1n) is 6.28. The van der Waals surface area contributed by atoms with E-state index in [1.54, 1.807) is 0 Å². The number of hydrogen-bond acceptors (Lipinski definition) is 3. The first kappa shape index (κ1) is 11.7. The lowest BCUT2D eigenvalue weighted by Gasteiger charge is -2.04. The molecule has 19 heavy (non-hydrogen) atoms. The van der Waals surface area contributed by atoms with E-state index in [9.17, 15) is 5.11 Å². The van der Waals surface area contributed by atoms with Crippen LogP contribution in [-0.2, 0) is 0 Å². The molecule has 3 heteroatoms. The average Bonchev–Trinajstić information content (AvgIpc) is 2.45. The average molecular weight is 248 g/mol. The number of fused-ring (bicyclic) bond motifs is 3. The smallest absolute Gasteiger partial charge is 0.152 e. The quantitative estimate of drug-likeness (QED) is 0.724. The third-order valence-corrected chi connectivity index (χ3v) is 3.02. The van der Waals surface area contributed by atoms with Crippen molar-refractivity contribution >= 4 is 10.9 Å². The van der Waals surface area contributed by atoms with Crippen LogP contribution in [0.25, 0.3) is 10.9 Å². The van der Waals surface area contributed by atoms with E-state index in [2.05, 4.69) is 33.9 Å². The predicted molar refractivity (Wildman–Crippen MR) is 73.2 cm³/mol. The highest BCUT2D eigenvalue weighted by atomic mass is 16.3. The molecule has 1 N–H and O–H groups in total. The highest BCUT2D eigenvalue weighted by Crippen LogP contribution is 2.18. The number of aromatic nitrogens is 2. The molecule has 0 radical (unpaired) electrons. The summed E-state index contributed by atoms with van der Waals surface area (Å²) >= 11 is 0. The molecule has 1 aliphatic rings. The topological polar surface area (TPSA) is 46.0 Å². The SMILES string of the molecule is OC1C#Cc2nnc3ccccc3c2C#CCCC1. The molecule has 3 nitrogen and oxygen atoms in total.